The third-order valence-electron chi connectivity index (χ3n) is 2.04. The predicted molar refractivity (Wildman–Crippen MR) is 61.2 cm³/mol. The second-order valence-corrected chi connectivity index (χ2v) is 6.64. The molecule has 8 heteroatoms. The molecule has 0 saturated heterocycles. The number of hydrogen-bond acceptors (Lipinski definition) is 5. The molecule has 0 spiro atoms. The van der Waals surface area contributed by atoms with Gasteiger partial charge in [-0.2, -0.15) is 0 Å². The second-order valence-electron chi connectivity index (χ2n) is 3.42. The van der Waals surface area contributed by atoms with Gasteiger partial charge in [0.1, 0.15) is 5.82 Å². The lowest BCUT2D eigenvalue weighted by atomic mass is 10.2. The van der Waals surface area contributed by atoms with Gasteiger partial charge in [-0.25, -0.2) is 17.8 Å². The number of thiazole rings is 1. The molecule has 2 N–H and O–H groups in total. The Balaban J connectivity index is 2.75. The molecule has 0 aliphatic rings. The normalized spacial score (nSPS) is 11.9. The van der Waals surface area contributed by atoms with Crippen LogP contribution >= 0.6 is 11.3 Å². The number of hydrogen-bond donors (Lipinski definition) is 1. The highest BCUT2D eigenvalue weighted by atomic mass is 32.2. The van der Waals surface area contributed by atoms with E-state index in [0.717, 1.165) is 23.7 Å². The van der Waals surface area contributed by atoms with Crippen molar-refractivity contribution in [3.05, 3.63) is 23.5 Å². The average Bonchev–Trinajstić information content (AvgIpc) is 2.58. The highest BCUT2D eigenvalue weighted by Crippen LogP contribution is 2.27. The summed E-state index contributed by atoms with van der Waals surface area (Å²) in [6.07, 6.45) is 1.01. The Hall–Kier alpha value is -1.54. The van der Waals surface area contributed by atoms with Crippen molar-refractivity contribution in [3.63, 3.8) is 0 Å². The number of carbonyl (C=O) groups is 1. The molecule has 0 aliphatic carbocycles. The zero-order valence-electron chi connectivity index (χ0n) is 8.60. The zero-order chi connectivity index (χ0) is 12.8. The SMILES string of the molecule is CS(=O)(=O)c1nc2cc(F)c(C(N)=O)cc2s1. The van der Waals surface area contributed by atoms with Crippen molar-refractivity contribution < 1.29 is 17.6 Å². The summed E-state index contributed by atoms with van der Waals surface area (Å²) in [5.41, 5.74) is 4.90. The Morgan fingerprint density at radius 2 is 2.12 bits per heavy atom. The number of benzene rings is 1. The highest BCUT2D eigenvalue weighted by Gasteiger charge is 2.17. The van der Waals surface area contributed by atoms with E-state index in [0.29, 0.717) is 4.70 Å². The fourth-order valence-corrected chi connectivity index (χ4v) is 3.13. The van der Waals surface area contributed by atoms with Gasteiger partial charge in [0.25, 0.3) is 5.91 Å². The van der Waals surface area contributed by atoms with E-state index in [9.17, 15) is 17.6 Å². The van der Waals surface area contributed by atoms with Crippen molar-refractivity contribution in [2.45, 2.75) is 4.34 Å². The van der Waals surface area contributed by atoms with Crippen molar-refractivity contribution in [2.24, 2.45) is 5.73 Å². The molecule has 0 saturated carbocycles. The van der Waals surface area contributed by atoms with Gasteiger partial charge in [0.2, 0.25) is 14.2 Å². The Labute approximate surface area is 100.0 Å². The fourth-order valence-electron chi connectivity index (χ4n) is 1.27. The van der Waals surface area contributed by atoms with E-state index in [-0.39, 0.29) is 15.4 Å². The minimum Gasteiger partial charge on any atom is -0.366 e. The fraction of sp³-hybridized carbons (Fsp3) is 0.111. The van der Waals surface area contributed by atoms with Gasteiger partial charge in [0, 0.05) is 12.3 Å². The van der Waals surface area contributed by atoms with Crippen LogP contribution in [0.1, 0.15) is 10.4 Å². The topological polar surface area (TPSA) is 90.1 Å². The Bertz CT molecular complexity index is 721. The van der Waals surface area contributed by atoms with Gasteiger partial charge in [0.15, 0.2) is 0 Å². The van der Waals surface area contributed by atoms with Gasteiger partial charge in [-0.15, -0.1) is 11.3 Å². The summed E-state index contributed by atoms with van der Waals surface area (Å²) < 4.78 is 36.2. The number of fused-ring (bicyclic) bond motifs is 1. The summed E-state index contributed by atoms with van der Waals surface area (Å²) >= 11 is 0.871. The molecule has 0 atom stereocenters. The van der Waals surface area contributed by atoms with E-state index in [1.807, 2.05) is 0 Å². The quantitative estimate of drug-likeness (QED) is 0.882. The first-order valence-electron chi connectivity index (χ1n) is 4.39. The maximum atomic E-state index is 13.4. The maximum Gasteiger partial charge on any atom is 0.251 e. The first kappa shape index (κ1) is 11.9. The van der Waals surface area contributed by atoms with Crippen LogP contribution in [0.5, 0.6) is 0 Å². The summed E-state index contributed by atoms with van der Waals surface area (Å²) in [6.45, 7) is 0. The lowest BCUT2D eigenvalue weighted by molar-refractivity contribution is 0.0996. The molecule has 1 amide bonds. The number of rotatable bonds is 2. The Morgan fingerprint density at radius 3 is 2.65 bits per heavy atom. The summed E-state index contributed by atoms with van der Waals surface area (Å²) in [5, 5.41) is 0. The van der Waals surface area contributed by atoms with Crippen molar-refractivity contribution in [2.75, 3.05) is 6.26 Å². The summed E-state index contributed by atoms with van der Waals surface area (Å²) in [4.78, 5) is 14.7. The zero-order valence-corrected chi connectivity index (χ0v) is 10.2. The number of carbonyl (C=O) groups excluding carboxylic acids is 1. The van der Waals surface area contributed by atoms with Crippen LogP contribution in [-0.2, 0) is 9.84 Å². The van der Waals surface area contributed by atoms with Crippen molar-refractivity contribution >= 4 is 37.3 Å². The number of aromatic nitrogens is 1. The summed E-state index contributed by atoms with van der Waals surface area (Å²) in [5.74, 6) is -1.71. The molecule has 0 aliphatic heterocycles. The van der Waals surface area contributed by atoms with E-state index in [1.165, 1.54) is 6.07 Å². The van der Waals surface area contributed by atoms with Crippen LogP contribution in [0.3, 0.4) is 0 Å². The molecular formula is C9H7FN2O3S2. The first-order chi connectivity index (χ1) is 7.79. The molecule has 0 radical (unpaired) electrons. The molecule has 0 fully saturated rings. The molecule has 1 aromatic carbocycles. The van der Waals surface area contributed by atoms with Crippen LogP contribution in [0.4, 0.5) is 4.39 Å². The van der Waals surface area contributed by atoms with Crippen LogP contribution in [0, 0.1) is 5.82 Å². The van der Waals surface area contributed by atoms with Gasteiger partial charge in [-0.1, -0.05) is 0 Å². The standard InChI is InChI=1S/C9H7FN2O3S2/c1-17(14,15)9-12-6-3-5(10)4(8(11)13)2-7(6)16-9/h2-3H,1H3,(H2,11,13). The molecule has 2 rings (SSSR count). The molecule has 0 bridgehead atoms. The van der Waals surface area contributed by atoms with Gasteiger partial charge < -0.3 is 5.73 Å². The summed E-state index contributed by atoms with van der Waals surface area (Å²) in [6, 6.07) is 2.21. The van der Waals surface area contributed by atoms with Gasteiger partial charge in [-0.3, -0.25) is 4.79 Å². The molecule has 5 nitrogen and oxygen atoms in total. The summed E-state index contributed by atoms with van der Waals surface area (Å²) in [7, 11) is -3.44. The molecule has 1 heterocycles. The molecule has 0 unspecified atom stereocenters. The van der Waals surface area contributed by atoms with Gasteiger partial charge in [0.05, 0.1) is 15.8 Å². The maximum absolute atomic E-state index is 13.4. The Kier molecular flexibility index (Phi) is 2.63. The number of nitrogens with two attached hydrogens (primary N) is 1. The lowest BCUT2D eigenvalue weighted by Gasteiger charge is -1.96. The van der Waals surface area contributed by atoms with Gasteiger partial charge in [-0.05, 0) is 6.07 Å². The first-order valence-corrected chi connectivity index (χ1v) is 7.10. The van der Waals surface area contributed by atoms with E-state index in [2.05, 4.69) is 4.98 Å². The molecule has 90 valence electrons. The Morgan fingerprint density at radius 1 is 1.47 bits per heavy atom. The third kappa shape index (κ3) is 2.13. The number of halogens is 1. The number of sulfone groups is 1. The van der Waals surface area contributed by atoms with E-state index in [4.69, 9.17) is 5.73 Å². The highest BCUT2D eigenvalue weighted by molar-refractivity contribution is 7.92. The average molecular weight is 274 g/mol. The largest absolute Gasteiger partial charge is 0.366 e. The second kappa shape index (κ2) is 3.74. The van der Waals surface area contributed by atoms with E-state index in [1.54, 1.807) is 0 Å². The van der Waals surface area contributed by atoms with Crippen LogP contribution in [0.15, 0.2) is 16.5 Å². The van der Waals surface area contributed by atoms with E-state index < -0.39 is 21.6 Å². The predicted octanol–water partition coefficient (Wildman–Crippen LogP) is 0.938. The van der Waals surface area contributed by atoms with E-state index >= 15 is 0 Å². The minimum absolute atomic E-state index is 0.117. The number of nitrogens with zero attached hydrogens (tertiary/aromatic N) is 1. The molecular weight excluding hydrogens is 267 g/mol. The minimum atomic E-state index is -3.44. The van der Waals surface area contributed by atoms with Crippen molar-refractivity contribution in [3.8, 4) is 0 Å². The van der Waals surface area contributed by atoms with Crippen LogP contribution < -0.4 is 5.73 Å². The van der Waals surface area contributed by atoms with Crippen LogP contribution in [-0.4, -0.2) is 25.6 Å². The number of primary amides is 1. The number of amides is 1. The molecule has 2 aromatic rings. The molecule has 1 aromatic heterocycles. The van der Waals surface area contributed by atoms with Gasteiger partial charge >= 0.3 is 0 Å². The third-order valence-corrected chi connectivity index (χ3v) is 4.74. The van der Waals surface area contributed by atoms with Crippen molar-refractivity contribution in [1.82, 2.24) is 4.98 Å². The monoisotopic (exact) mass is 274 g/mol. The van der Waals surface area contributed by atoms with Crippen LogP contribution in [0.25, 0.3) is 10.2 Å². The molecule has 17 heavy (non-hydrogen) atoms. The van der Waals surface area contributed by atoms with Crippen molar-refractivity contribution in [1.29, 1.82) is 0 Å². The van der Waals surface area contributed by atoms with Crippen LogP contribution in [0.2, 0.25) is 0 Å². The smallest absolute Gasteiger partial charge is 0.251 e. The lowest BCUT2D eigenvalue weighted by Crippen LogP contribution is -2.12.